The lowest BCUT2D eigenvalue weighted by molar-refractivity contribution is -0.137. The molecule has 102 valence electrons. The van der Waals surface area contributed by atoms with E-state index in [4.69, 9.17) is 5.73 Å². The lowest BCUT2D eigenvalue weighted by Crippen LogP contribution is -2.35. The van der Waals surface area contributed by atoms with Crippen LogP contribution >= 0.6 is 0 Å². The van der Waals surface area contributed by atoms with Gasteiger partial charge in [0, 0.05) is 7.05 Å². The lowest BCUT2D eigenvalue weighted by atomic mass is 9.99. The highest BCUT2D eigenvalue weighted by atomic mass is 19.4. The average Bonchev–Trinajstić information content (AvgIpc) is 2.28. The standard InChI is InChI=1S/C11H15F3N2O2/c1-16-6-8(10(17)18-2)7(3-4-15)5-9(16)11(12,13)14/h5H,3-4,6,15H2,1-2H3. The Morgan fingerprint density at radius 2 is 2.17 bits per heavy atom. The third-order valence-electron chi connectivity index (χ3n) is 2.64. The summed E-state index contributed by atoms with van der Waals surface area (Å²) >= 11 is 0. The number of allylic oxidation sites excluding steroid dienone is 2. The summed E-state index contributed by atoms with van der Waals surface area (Å²) in [6, 6.07) is 0. The van der Waals surface area contributed by atoms with Crippen LogP contribution in [0.15, 0.2) is 22.9 Å². The van der Waals surface area contributed by atoms with Gasteiger partial charge in [0.15, 0.2) is 0 Å². The van der Waals surface area contributed by atoms with Gasteiger partial charge in [-0.2, -0.15) is 13.2 Å². The van der Waals surface area contributed by atoms with Crippen LogP contribution in [0.1, 0.15) is 6.42 Å². The predicted molar refractivity (Wildman–Crippen MR) is 59.5 cm³/mol. The van der Waals surface area contributed by atoms with Gasteiger partial charge in [-0.05, 0) is 24.6 Å². The van der Waals surface area contributed by atoms with E-state index in [-0.39, 0.29) is 30.7 Å². The summed E-state index contributed by atoms with van der Waals surface area (Å²) in [7, 11) is 2.47. The van der Waals surface area contributed by atoms with E-state index in [1.165, 1.54) is 14.2 Å². The van der Waals surface area contributed by atoms with Crippen molar-refractivity contribution in [2.75, 3.05) is 27.2 Å². The predicted octanol–water partition coefficient (Wildman–Crippen LogP) is 1.20. The van der Waals surface area contributed by atoms with Crippen molar-refractivity contribution in [1.29, 1.82) is 0 Å². The SMILES string of the molecule is COC(=O)C1=C(CCN)C=C(C(F)(F)F)N(C)C1. The molecule has 1 heterocycles. The Kier molecular flexibility index (Phi) is 4.39. The minimum atomic E-state index is -4.45. The Hall–Kier alpha value is -1.50. The Morgan fingerprint density at radius 1 is 1.56 bits per heavy atom. The molecule has 7 heteroatoms. The van der Waals surface area contributed by atoms with Gasteiger partial charge in [-0.3, -0.25) is 0 Å². The topological polar surface area (TPSA) is 55.6 Å². The van der Waals surface area contributed by atoms with Crippen LogP contribution in [0.3, 0.4) is 0 Å². The molecule has 0 bridgehead atoms. The van der Waals surface area contributed by atoms with E-state index in [1.54, 1.807) is 0 Å². The molecule has 2 N–H and O–H groups in total. The number of halogens is 3. The molecule has 18 heavy (non-hydrogen) atoms. The molecule has 0 atom stereocenters. The zero-order valence-corrected chi connectivity index (χ0v) is 10.2. The van der Waals surface area contributed by atoms with Gasteiger partial charge in [0.2, 0.25) is 0 Å². The molecule has 0 aromatic rings. The number of methoxy groups -OCH3 is 1. The first-order valence-electron chi connectivity index (χ1n) is 5.31. The number of hydrogen-bond donors (Lipinski definition) is 1. The van der Waals surface area contributed by atoms with Gasteiger partial charge in [-0.25, -0.2) is 4.79 Å². The summed E-state index contributed by atoms with van der Waals surface area (Å²) < 4.78 is 42.8. The second-order valence-electron chi connectivity index (χ2n) is 3.92. The van der Waals surface area contributed by atoms with Gasteiger partial charge >= 0.3 is 12.1 Å². The van der Waals surface area contributed by atoms with Crippen molar-refractivity contribution in [2.45, 2.75) is 12.6 Å². The molecule has 0 aromatic heterocycles. The zero-order valence-electron chi connectivity index (χ0n) is 10.2. The van der Waals surface area contributed by atoms with E-state index < -0.39 is 17.8 Å². The first kappa shape index (κ1) is 14.6. The molecule has 0 amide bonds. The number of carbonyl (C=O) groups excluding carboxylic acids is 1. The number of nitrogens with zero attached hydrogens (tertiary/aromatic N) is 1. The molecule has 1 aliphatic heterocycles. The molecule has 0 spiro atoms. The molecule has 0 saturated carbocycles. The van der Waals surface area contributed by atoms with E-state index >= 15 is 0 Å². The summed E-state index contributed by atoms with van der Waals surface area (Å²) in [6.45, 7) is 0.0362. The van der Waals surface area contributed by atoms with E-state index in [1.807, 2.05) is 0 Å². The minimum absolute atomic E-state index is 0.132. The Balaban J connectivity index is 3.20. The molecular formula is C11H15F3N2O2. The number of hydrogen-bond acceptors (Lipinski definition) is 4. The zero-order chi connectivity index (χ0) is 13.9. The summed E-state index contributed by atoms with van der Waals surface area (Å²) in [5, 5.41) is 0. The number of rotatable bonds is 3. The largest absolute Gasteiger partial charge is 0.466 e. The quantitative estimate of drug-likeness (QED) is 0.778. The van der Waals surface area contributed by atoms with Crippen LogP contribution in [0.25, 0.3) is 0 Å². The Labute approximate surface area is 103 Å². The summed E-state index contributed by atoms with van der Waals surface area (Å²) in [5.74, 6) is -0.622. The molecule has 0 radical (unpaired) electrons. The van der Waals surface area contributed by atoms with E-state index in [2.05, 4.69) is 4.74 Å². The van der Waals surface area contributed by atoms with Gasteiger partial charge in [0.1, 0.15) is 5.70 Å². The van der Waals surface area contributed by atoms with Crippen molar-refractivity contribution in [1.82, 2.24) is 4.90 Å². The Bertz CT molecular complexity index is 400. The van der Waals surface area contributed by atoms with E-state index in [9.17, 15) is 18.0 Å². The number of alkyl halides is 3. The summed E-state index contributed by atoms with van der Waals surface area (Å²) in [4.78, 5) is 12.5. The van der Waals surface area contributed by atoms with Crippen LogP contribution < -0.4 is 5.73 Å². The molecular weight excluding hydrogens is 249 g/mol. The maximum atomic E-state index is 12.7. The van der Waals surface area contributed by atoms with Gasteiger partial charge in [0.05, 0.1) is 19.2 Å². The highest BCUT2D eigenvalue weighted by Gasteiger charge is 2.39. The van der Waals surface area contributed by atoms with Crippen molar-refractivity contribution in [3.8, 4) is 0 Å². The molecule has 1 aliphatic rings. The van der Waals surface area contributed by atoms with Crippen molar-refractivity contribution in [3.05, 3.63) is 22.9 Å². The fourth-order valence-corrected chi connectivity index (χ4v) is 1.78. The third kappa shape index (κ3) is 3.04. The van der Waals surface area contributed by atoms with Crippen LogP contribution in [0.2, 0.25) is 0 Å². The summed E-state index contributed by atoms with van der Waals surface area (Å²) in [6.07, 6.45) is -3.28. The molecule has 1 rings (SSSR count). The number of nitrogens with two attached hydrogens (primary N) is 1. The highest BCUT2D eigenvalue weighted by Crippen LogP contribution is 2.33. The monoisotopic (exact) mass is 264 g/mol. The van der Waals surface area contributed by atoms with Crippen molar-refractivity contribution < 1.29 is 22.7 Å². The molecule has 0 saturated heterocycles. The number of ether oxygens (including phenoxy) is 1. The third-order valence-corrected chi connectivity index (χ3v) is 2.64. The van der Waals surface area contributed by atoms with Gasteiger partial charge in [0.25, 0.3) is 0 Å². The maximum absolute atomic E-state index is 12.7. The number of likely N-dealkylation sites (N-methyl/N-ethyl adjacent to an activating group) is 1. The second kappa shape index (κ2) is 5.43. The minimum Gasteiger partial charge on any atom is -0.466 e. The first-order chi connectivity index (χ1) is 8.31. The van der Waals surface area contributed by atoms with Gasteiger partial charge in [-0.1, -0.05) is 0 Å². The van der Waals surface area contributed by atoms with Gasteiger partial charge in [-0.15, -0.1) is 0 Å². The summed E-state index contributed by atoms with van der Waals surface area (Å²) in [5.41, 5.74) is 5.07. The van der Waals surface area contributed by atoms with Crippen LogP contribution in [0, 0.1) is 0 Å². The van der Waals surface area contributed by atoms with E-state index in [0.717, 1.165) is 11.0 Å². The number of carbonyl (C=O) groups is 1. The smallest absolute Gasteiger partial charge is 0.431 e. The fourth-order valence-electron chi connectivity index (χ4n) is 1.78. The lowest BCUT2D eigenvalue weighted by Gasteiger charge is -2.30. The first-order valence-corrected chi connectivity index (χ1v) is 5.31. The average molecular weight is 264 g/mol. The molecule has 0 aliphatic carbocycles. The highest BCUT2D eigenvalue weighted by molar-refractivity contribution is 5.90. The maximum Gasteiger partial charge on any atom is 0.431 e. The van der Waals surface area contributed by atoms with Crippen LogP contribution in [0.4, 0.5) is 13.2 Å². The number of esters is 1. The fraction of sp³-hybridized carbons (Fsp3) is 0.545. The molecule has 0 aromatic carbocycles. The van der Waals surface area contributed by atoms with Crippen LogP contribution in [0.5, 0.6) is 0 Å². The van der Waals surface area contributed by atoms with Crippen molar-refractivity contribution in [2.24, 2.45) is 5.73 Å². The van der Waals surface area contributed by atoms with E-state index in [0.29, 0.717) is 0 Å². The van der Waals surface area contributed by atoms with Crippen LogP contribution in [-0.2, 0) is 9.53 Å². The van der Waals surface area contributed by atoms with Gasteiger partial charge < -0.3 is 15.4 Å². The molecule has 4 nitrogen and oxygen atoms in total. The van der Waals surface area contributed by atoms with Crippen molar-refractivity contribution >= 4 is 5.97 Å². The van der Waals surface area contributed by atoms with Crippen LogP contribution in [-0.4, -0.2) is 44.3 Å². The Morgan fingerprint density at radius 3 is 2.61 bits per heavy atom. The second-order valence-corrected chi connectivity index (χ2v) is 3.92. The van der Waals surface area contributed by atoms with Crippen molar-refractivity contribution in [3.63, 3.8) is 0 Å². The molecule has 0 unspecified atom stereocenters. The normalized spacial score (nSPS) is 16.8. The molecule has 0 fully saturated rings.